The second-order valence-electron chi connectivity index (χ2n) is 5.70. The maximum Gasteiger partial charge on any atom is 0.338 e. The number of nitrogens with zero attached hydrogens (tertiary/aromatic N) is 2. The van der Waals surface area contributed by atoms with Gasteiger partial charge in [-0.2, -0.15) is 0 Å². The summed E-state index contributed by atoms with van der Waals surface area (Å²) in [5.41, 5.74) is 0.259. The number of ketones is 1. The van der Waals surface area contributed by atoms with Gasteiger partial charge in [-0.15, -0.1) is 0 Å². The highest BCUT2D eigenvalue weighted by molar-refractivity contribution is 6.28. The fourth-order valence-corrected chi connectivity index (χ4v) is 2.49. The number of hydrogen-bond acceptors (Lipinski definition) is 7. The van der Waals surface area contributed by atoms with Crippen molar-refractivity contribution in [3.63, 3.8) is 0 Å². The van der Waals surface area contributed by atoms with E-state index >= 15 is 0 Å². The average Bonchev–Trinajstić information content (AvgIpc) is 3.04. The van der Waals surface area contributed by atoms with Crippen molar-refractivity contribution in [2.75, 3.05) is 11.5 Å². The van der Waals surface area contributed by atoms with E-state index < -0.39 is 35.1 Å². The first-order valence-electron chi connectivity index (χ1n) is 7.98. The summed E-state index contributed by atoms with van der Waals surface area (Å²) >= 11 is 0. The number of esters is 1. The van der Waals surface area contributed by atoms with Crippen LogP contribution in [0, 0.1) is 10.1 Å². The minimum Gasteiger partial charge on any atom is -0.454 e. The third-order valence-electron chi connectivity index (χ3n) is 3.88. The molecule has 0 atom stereocenters. The molecule has 28 heavy (non-hydrogen) atoms. The van der Waals surface area contributed by atoms with E-state index in [-0.39, 0.29) is 22.5 Å². The molecule has 0 radical (unpaired) electrons. The molecule has 0 spiro atoms. The van der Waals surface area contributed by atoms with Gasteiger partial charge >= 0.3 is 5.97 Å². The van der Waals surface area contributed by atoms with Crippen molar-refractivity contribution in [2.24, 2.45) is 0 Å². The minimum atomic E-state index is -0.816. The zero-order valence-corrected chi connectivity index (χ0v) is 14.2. The Balaban J connectivity index is 1.66. The molecule has 0 unspecified atom stereocenters. The van der Waals surface area contributed by atoms with Gasteiger partial charge in [0.15, 0.2) is 12.4 Å². The summed E-state index contributed by atoms with van der Waals surface area (Å²) in [6.07, 6.45) is 2.24. The Bertz CT molecular complexity index is 1010. The van der Waals surface area contributed by atoms with Gasteiger partial charge in [-0.1, -0.05) is 6.07 Å². The van der Waals surface area contributed by atoms with Crippen molar-refractivity contribution < 1.29 is 28.8 Å². The van der Waals surface area contributed by atoms with Gasteiger partial charge in [0.05, 0.1) is 16.2 Å². The predicted octanol–water partition coefficient (Wildman–Crippen LogP) is 2.06. The molecule has 3 rings (SSSR count). The molecule has 0 aromatic heterocycles. The van der Waals surface area contributed by atoms with Crippen molar-refractivity contribution >= 4 is 34.9 Å². The molecule has 9 heteroatoms. The number of carbonyl (C=O) groups is 4. The third kappa shape index (κ3) is 3.83. The number of nitro groups is 1. The Morgan fingerprint density at radius 2 is 1.61 bits per heavy atom. The molecule has 0 N–H and O–H groups in total. The van der Waals surface area contributed by atoms with Gasteiger partial charge in [-0.3, -0.25) is 24.5 Å². The molecular formula is C19H12N2O7. The number of hydrogen-bond donors (Lipinski definition) is 0. The Hall–Kier alpha value is -4.14. The van der Waals surface area contributed by atoms with Crippen LogP contribution in [0.25, 0.3) is 0 Å². The molecule has 0 saturated heterocycles. The number of amides is 2. The summed E-state index contributed by atoms with van der Waals surface area (Å²) in [7, 11) is 0. The van der Waals surface area contributed by atoms with Gasteiger partial charge in [-0.05, 0) is 30.3 Å². The van der Waals surface area contributed by atoms with Crippen LogP contribution in [-0.2, 0) is 14.3 Å². The number of Topliss-reactive ketones (excluding diaryl/α,β-unsaturated/α-hetero) is 1. The van der Waals surface area contributed by atoms with Crippen LogP contribution in [0.3, 0.4) is 0 Å². The molecule has 2 amide bonds. The maximum absolute atomic E-state index is 12.2. The molecular weight excluding hydrogens is 368 g/mol. The van der Waals surface area contributed by atoms with Crippen LogP contribution in [0.5, 0.6) is 0 Å². The topological polar surface area (TPSA) is 124 Å². The zero-order chi connectivity index (χ0) is 20.3. The summed E-state index contributed by atoms with van der Waals surface area (Å²) < 4.78 is 4.97. The zero-order valence-electron chi connectivity index (χ0n) is 14.2. The van der Waals surface area contributed by atoms with E-state index in [4.69, 9.17) is 4.74 Å². The first-order valence-corrected chi connectivity index (χ1v) is 7.98. The van der Waals surface area contributed by atoms with Crippen LogP contribution in [0.1, 0.15) is 20.7 Å². The fraction of sp³-hybridized carbons (Fsp3) is 0.0526. The number of imide groups is 1. The predicted molar refractivity (Wildman–Crippen MR) is 95.8 cm³/mol. The SMILES string of the molecule is O=C(COC(=O)c1cccc(N2C(=O)C=CC2=O)c1)c1ccc([N+](=O)[O-])cc1. The minimum absolute atomic E-state index is 0.0569. The number of anilines is 1. The smallest absolute Gasteiger partial charge is 0.338 e. The molecule has 140 valence electrons. The Morgan fingerprint density at radius 3 is 2.21 bits per heavy atom. The number of non-ortho nitro benzene ring substituents is 1. The Morgan fingerprint density at radius 1 is 0.964 bits per heavy atom. The summed E-state index contributed by atoms with van der Waals surface area (Å²) in [4.78, 5) is 58.6. The van der Waals surface area contributed by atoms with Crippen LogP contribution >= 0.6 is 0 Å². The first-order chi connectivity index (χ1) is 13.4. The highest BCUT2D eigenvalue weighted by Gasteiger charge is 2.25. The number of ether oxygens (including phenoxy) is 1. The van der Waals surface area contributed by atoms with E-state index in [1.54, 1.807) is 0 Å². The molecule has 9 nitrogen and oxygen atoms in total. The molecule has 0 saturated carbocycles. The number of rotatable bonds is 6. The van der Waals surface area contributed by atoms with Crippen molar-refractivity contribution in [1.82, 2.24) is 0 Å². The van der Waals surface area contributed by atoms with Gasteiger partial charge in [-0.25, -0.2) is 9.69 Å². The standard InChI is InChI=1S/C19H12N2O7/c22-16(12-4-6-14(7-5-12)21(26)27)11-28-19(25)13-2-1-3-15(10-13)20-17(23)8-9-18(20)24/h1-10H,11H2. The van der Waals surface area contributed by atoms with E-state index in [0.717, 1.165) is 17.1 Å². The lowest BCUT2D eigenvalue weighted by Crippen LogP contribution is -2.29. The molecule has 1 heterocycles. The molecule has 2 aromatic rings. The van der Waals surface area contributed by atoms with Crippen molar-refractivity contribution in [3.8, 4) is 0 Å². The van der Waals surface area contributed by atoms with Crippen molar-refractivity contribution in [1.29, 1.82) is 0 Å². The fourth-order valence-electron chi connectivity index (χ4n) is 2.49. The van der Waals surface area contributed by atoms with Gasteiger partial charge in [0.1, 0.15) is 0 Å². The molecule has 0 fully saturated rings. The van der Waals surface area contributed by atoms with Gasteiger partial charge < -0.3 is 4.74 Å². The highest BCUT2D eigenvalue weighted by Crippen LogP contribution is 2.21. The molecule has 1 aliphatic rings. The number of nitro benzene ring substituents is 1. The maximum atomic E-state index is 12.2. The summed E-state index contributed by atoms with van der Waals surface area (Å²) in [5, 5.41) is 10.6. The van der Waals surface area contributed by atoms with Crippen molar-refractivity contribution in [3.05, 3.63) is 81.9 Å². The second-order valence-corrected chi connectivity index (χ2v) is 5.70. The Labute approximate surface area is 158 Å². The lowest BCUT2D eigenvalue weighted by Gasteiger charge is -2.14. The quantitative estimate of drug-likeness (QED) is 0.247. The average molecular weight is 380 g/mol. The third-order valence-corrected chi connectivity index (χ3v) is 3.88. The molecule has 0 aliphatic carbocycles. The van der Waals surface area contributed by atoms with E-state index in [9.17, 15) is 29.3 Å². The van der Waals surface area contributed by atoms with Crippen LogP contribution < -0.4 is 4.90 Å². The van der Waals surface area contributed by atoms with Crippen LogP contribution in [0.15, 0.2) is 60.7 Å². The largest absolute Gasteiger partial charge is 0.454 e. The molecule has 1 aliphatic heterocycles. The highest BCUT2D eigenvalue weighted by atomic mass is 16.6. The number of carbonyl (C=O) groups excluding carboxylic acids is 4. The lowest BCUT2D eigenvalue weighted by molar-refractivity contribution is -0.384. The second kappa shape index (κ2) is 7.62. The molecule has 0 bridgehead atoms. The van der Waals surface area contributed by atoms with E-state index in [1.807, 2.05) is 0 Å². The summed E-state index contributed by atoms with van der Waals surface area (Å²) in [6.45, 7) is -0.565. The monoisotopic (exact) mass is 380 g/mol. The van der Waals surface area contributed by atoms with Gasteiger partial charge in [0, 0.05) is 29.8 Å². The van der Waals surface area contributed by atoms with Crippen LogP contribution in [0.2, 0.25) is 0 Å². The summed E-state index contributed by atoms with van der Waals surface area (Å²) in [5.74, 6) is -2.40. The van der Waals surface area contributed by atoms with Crippen LogP contribution in [0.4, 0.5) is 11.4 Å². The Kier molecular flexibility index (Phi) is 5.07. The van der Waals surface area contributed by atoms with Gasteiger partial charge in [0.25, 0.3) is 17.5 Å². The first kappa shape index (κ1) is 18.6. The van der Waals surface area contributed by atoms with E-state index in [2.05, 4.69) is 0 Å². The van der Waals surface area contributed by atoms with Gasteiger partial charge in [0.2, 0.25) is 0 Å². The lowest BCUT2D eigenvalue weighted by atomic mass is 10.1. The number of benzene rings is 2. The van der Waals surface area contributed by atoms with E-state index in [0.29, 0.717) is 0 Å². The molecule has 2 aromatic carbocycles. The summed E-state index contributed by atoms with van der Waals surface area (Å²) in [6, 6.07) is 10.6. The van der Waals surface area contributed by atoms with Crippen molar-refractivity contribution in [2.45, 2.75) is 0 Å². The van der Waals surface area contributed by atoms with Crippen LogP contribution in [-0.4, -0.2) is 35.1 Å². The van der Waals surface area contributed by atoms with E-state index in [1.165, 1.54) is 48.5 Å². The normalized spacial score (nSPS) is 12.9.